The zero-order valence-corrected chi connectivity index (χ0v) is 9.45. The van der Waals surface area contributed by atoms with Gasteiger partial charge in [-0.05, 0) is 17.7 Å². The first-order valence-electron chi connectivity index (χ1n) is 4.62. The van der Waals surface area contributed by atoms with Gasteiger partial charge in [0.2, 0.25) is 0 Å². The van der Waals surface area contributed by atoms with Gasteiger partial charge in [0.25, 0.3) is 5.24 Å². The predicted octanol–water partition coefficient (Wildman–Crippen LogP) is 1.60. The fraction of sp³-hybridized carbons (Fsp3) is 0.200. The summed E-state index contributed by atoms with van der Waals surface area (Å²) in [4.78, 5) is 25.9. The van der Waals surface area contributed by atoms with Crippen molar-refractivity contribution in [3.8, 4) is 0 Å². The van der Waals surface area contributed by atoms with Crippen molar-refractivity contribution in [2.45, 2.75) is 6.54 Å². The van der Waals surface area contributed by atoms with Gasteiger partial charge in [0.05, 0.1) is 5.52 Å². The highest BCUT2D eigenvalue weighted by Gasteiger charge is 2.06. The van der Waals surface area contributed by atoms with E-state index in [4.69, 9.17) is 4.42 Å². The highest BCUT2D eigenvalue weighted by molar-refractivity contribution is 7.96. The first-order chi connectivity index (χ1) is 7.56. The Kier molecular flexibility index (Phi) is 2.74. The van der Waals surface area contributed by atoms with Crippen LogP contribution in [0.25, 0.3) is 11.1 Å². The number of rotatable bonds is 2. The monoisotopic (exact) mass is 238 g/mol. The number of thiol groups is 1. The van der Waals surface area contributed by atoms with Crippen molar-refractivity contribution < 1.29 is 9.21 Å². The number of aromatic nitrogens is 1. The normalized spacial score (nSPS) is 10.6. The molecule has 5 nitrogen and oxygen atoms in total. The molecule has 0 atom stereocenters. The number of carbonyl (C=O) groups excluding carboxylic acids is 1. The van der Waals surface area contributed by atoms with Gasteiger partial charge in [0, 0.05) is 13.6 Å². The number of oxazole rings is 1. The second-order valence-corrected chi connectivity index (χ2v) is 3.87. The molecule has 1 amide bonds. The Bertz CT molecular complexity index is 587. The number of H-pyrrole nitrogens is 1. The third-order valence-electron chi connectivity index (χ3n) is 2.23. The molecular formula is C10H10N2O3S. The minimum atomic E-state index is -0.481. The lowest BCUT2D eigenvalue weighted by molar-refractivity contribution is 0.232. The quantitative estimate of drug-likeness (QED) is 0.781. The Labute approximate surface area is 96.5 Å². The van der Waals surface area contributed by atoms with Gasteiger partial charge < -0.3 is 9.32 Å². The summed E-state index contributed by atoms with van der Waals surface area (Å²) < 4.78 is 4.92. The van der Waals surface area contributed by atoms with Crippen LogP contribution in [0.15, 0.2) is 27.4 Å². The van der Waals surface area contributed by atoms with Gasteiger partial charge in [0.1, 0.15) is 0 Å². The molecule has 1 aromatic carbocycles. The van der Waals surface area contributed by atoms with E-state index in [2.05, 4.69) is 17.6 Å². The van der Waals surface area contributed by atoms with E-state index >= 15 is 0 Å². The zero-order chi connectivity index (χ0) is 11.7. The number of nitrogens with zero attached hydrogens (tertiary/aromatic N) is 1. The topological polar surface area (TPSA) is 66.3 Å². The molecule has 0 radical (unpaired) electrons. The summed E-state index contributed by atoms with van der Waals surface area (Å²) in [6.07, 6.45) is 0. The first-order valence-corrected chi connectivity index (χ1v) is 5.07. The third kappa shape index (κ3) is 2.11. The molecule has 0 fully saturated rings. The highest BCUT2D eigenvalue weighted by atomic mass is 32.1. The third-order valence-corrected chi connectivity index (χ3v) is 2.57. The molecule has 0 aliphatic heterocycles. The number of hydrogen-bond donors (Lipinski definition) is 2. The maximum Gasteiger partial charge on any atom is 0.417 e. The van der Waals surface area contributed by atoms with Crippen LogP contribution >= 0.6 is 12.6 Å². The summed E-state index contributed by atoms with van der Waals surface area (Å²) in [6.45, 7) is 0.424. The van der Waals surface area contributed by atoms with E-state index in [0.29, 0.717) is 17.6 Å². The Hall–Kier alpha value is -1.69. The maximum absolute atomic E-state index is 10.9. The molecule has 0 unspecified atom stereocenters. The van der Waals surface area contributed by atoms with Crippen LogP contribution in [0.3, 0.4) is 0 Å². The van der Waals surface area contributed by atoms with Crippen LogP contribution in [-0.2, 0) is 6.54 Å². The summed E-state index contributed by atoms with van der Waals surface area (Å²) in [5, 5.41) is -0.310. The second-order valence-electron chi connectivity index (χ2n) is 3.48. The van der Waals surface area contributed by atoms with E-state index < -0.39 is 5.76 Å². The Balaban J connectivity index is 2.32. The number of benzene rings is 1. The van der Waals surface area contributed by atoms with Crippen LogP contribution in [0, 0.1) is 0 Å². The van der Waals surface area contributed by atoms with Crippen LogP contribution in [0.2, 0.25) is 0 Å². The molecule has 0 aliphatic rings. The maximum atomic E-state index is 10.9. The van der Waals surface area contributed by atoms with E-state index in [1.165, 1.54) is 4.90 Å². The number of nitrogens with one attached hydrogen (secondary N) is 1. The molecule has 0 bridgehead atoms. The van der Waals surface area contributed by atoms with Crippen molar-refractivity contribution in [3.63, 3.8) is 0 Å². The van der Waals surface area contributed by atoms with Crippen LogP contribution in [-0.4, -0.2) is 22.2 Å². The van der Waals surface area contributed by atoms with Crippen molar-refractivity contribution in [2.24, 2.45) is 0 Å². The standard InChI is InChI=1S/C10H10N2O3S/c1-12(10(14)16)5-6-2-3-7-8(4-6)15-9(13)11-7/h2-4H,5H2,1H3,(H,11,13)(H,14,16). The molecule has 1 aromatic heterocycles. The van der Waals surface area contributed by atoms with E-state index in [0.717, 1.165) is 5.56 Å². The minimum absolute atomic E-state index is 0.310. The average Bonchev–Trinajstić information content (AvgIpc) is 2.57. The smallest absolute Gasteiger partial charge is 0.408 e. The summed E-state index contributed by atoms with van der Waals surface area (Å²) in [7, 11) is 1.65. The average molecular weight is 238 g/mol. The lowest BCUT2D eigenvalue weighted by Gasteiger charge is -2.13. The zero-order valence-electron chi connectivity index (χ0n) is 8.56. The summed E-state index contributed by atoms with van der Waals surface area (Å²) in [5.74, 6) is -0.481. The molecule has 2 aromatic rings. The lowest BCUT2D eigenvalue weighted by Crippen LogP contribution is -2.19. The molecule has 0 saturated carbocycles. The molecule has 16 heavy (non-hydrogen) atoms. The van der Waals surface area contributed by atoms with Crippen molar-refractivity contribution in [2.75, 3.05) is 7.05 Å². The molecule has 1 heterocycles. The van der Waals surface area contributed by atoms with Gasteiger partial charge in [-0.15, -0.1) is 0 Å². The fourth-order valence-corrected chi connectivity index (χ4v) is 1.50. The van der Waals surface area contributed by atoms with E-state index in [-0.39, 0.29) is 5.24 Å². The number of aromatic amines is 1. The van der Waals surface area contributed by atoms with Crippen molar-refractivity contribution >= 4 is 29.0 Å². The Morgan fingerprint density at radius 1 is 1.56 bits per heavy atom. The van der Waals surface area contributed by atoms with Gasteiger partial charge in [-0.3, -0.25) is 9.78 Å². The van der Waals surface area contributed by atoms with E-state index in [9.17, 15) is 9.59 Å². The Morgan fingerprint density at radius 3 is 3.00 bits per heavy atom. The van der Waals surface area contributed by atoms with Crippen LogP contribution in [0.4, 0.5) is 4.79 Å². The van der Waals surface area contributed by atoms with Crippen molar-refractivity contribution in [1.29, 1.82) is 0 Å². The molecular weight excluding hydrogens is 228 g/mol. The van der Waals surface area contributed by atoms with E-state index in [1.807, 2.05) is 6.07 Å². The summed E-state index contributed by atoms with van der Waals surface area (Å²) in [6, 6.07) is 5.29. The van der Waals surface area contributed by atoms with Gasteiger partial charge in [0.15, 0.2) is 5.58 Å². The predicted molar refractivity (Wildman–Crippen MR) is 62.7 cm³/mol. The molecule has 0 aliphatic carbocycles. The van der Waals surface area contributed by atoms with Crippen molar-refractivity contribution in [3.05, 3.63) is 34.3 Å². The molecule has 84 valence electrons. The van der Waals surface area contributed by atoms with Crippen LogP contribution in [0.1, 0.15) is 5.56 Å². The Morgan fingerprint density at radius 2 is 2.31 bits per heavy atom. The largest absolute Gasteiger partial charge is 0.417 e. The lowest BCUT2D eigenvalue weighted by atomic mass is 10.2. The van der Waals surface area contributed by atoms with Gasteiger partial charge in [-0.2, -0.15) is 0 Å². The van der Waals surface area contributed by atoms with Gasteiger partial charge >= 0.3 is 5.76 Å². The molecule has 0 saturated heterocycles. The van der Waals surface area contributed by atoms with E-state index in [1.54, 1.807) is 19.2 Å². The van der Waals surface area contributed by atoms with Gasteiger partial charge in [-0.1, -0.05) is 18.7 Å². The summed E-state index contributed by atoms with van der Waals surface area (Å²) >= 11 is 3.71. The molecule has 0 spiro atoms. The fourth-order valence-electron chi connectivity index (χ4n) is 1.43. The SMILES string of the molecule is CN(Cc1ccc2[nH]c(=O)oc2c1)C(=O)S. The number of carbonyl (C=O) groups is 1. The first kappa shape index (κ1) is 10.8. The highest BCUT2D eigenvalue weighted by Crippen LogP contribution is 2.14. The van der Waals surface area contributed by atoms with Crippen LogP contribution < -0.4 is 5.76 Å². The van der Waals surface area contributed by atoms with Gasteiger partial charge in [-0.25, -0.2) is 4.79 Å². The molecule has 6 heteroatoms. The summed E-state index contributed by atoms with van der Waals surface area (Å²) in [5.41, 5.74) is 2.01. The molecule has 2 rings (SSSR count). The number of amides is 1. The number of fused-ring (bicyclic) bond motifs is 1. The second kappa shape index (κ2) is 4.05. The van der Waals surface area contributed by atoms with Crippen LogP contribution in [0.5, 0.6) is 0 Å². The van der Waals surface area contributed by atoms with Crippen molar-refractivity contribution in [1.82, 2.24) is 9.88 Å². The number of hydrogen-bond acceptors (Lipinski definition) is 3. The molecule has 1 N–H and O–H groups in total. The minimum Gasteiger partial charge on any atom is -0.408 e.